The van der Waals surface area contributed by atoms with Crippen molar-refractivity contribution in [3.05, 3.63) is 35.4 Å². The largest absolute Gasteiger partial charge is 0.478 e. The number of amides is 2. The molecule has 6 heteroatoms. The van der Waals surface area contributed by atoms with Gasteiger partial charge in [0.2, 0.25) is 11.8 Å². The van der Waals surface area contributed by atoms with E-state index in [2.05, 4.69) is 0 Å². The van der Waals surface area contributed by atoms with Crippen LogP contribution in [0, 0.1) is 5.41 Å². The highest BCUT2D eigenvalue weighted by Crippen LogP contribution is 2.19. The Bertz CT molecular complexity index is 656. The molecule has 0 unspecified atom stereocenters. The maximum Gasteiger partial charge on any atom is 0.335 e. The molecule has 0 bridgehead atoms. The molecular formula is C19H26N2O4. The van der Waals surface area contributed by atoms with Crippen LogP contribution in [0.5, 0.6) is 0 Å². The molecule has 2 rings (SSSR count). The highest BCUT2D eigenvalue weighted by molar-refractivity contribution is 5.89. The average molecular weight is 346 g/mol. The van der Waals surface area contributed by atoms with Crippen molar-refractivity contribution in [2.24, 2.45) is 5.41 Å². The maximum atomic E-state index is 12.4. The molecule has 1 N–H and O–H groups in total. The molecule has 1 saturated heterocycles. The fourth-order valence-corrected chi connectivity index (χ4v) is 2.98. The van der Waals surface area contributed by atoms with Crippen LogP contribution in [0.25, 0.3) is 0 Å². The molecule has 0 aromatic heterocycles. The van der Waals surface area contributed by atoms with E-state index in [9.17, 15) is 19.5 Å². The Morgan fingerprint density at radius 1 is 1.00 bits per heavy atom. The second kappa shape index (κ2) is 7.68. The van der Waals surface area contributed by atoms with Crippen LogP contribution in [0.15, 0.2) is 24.3 Å². The van der Waals surface area contributed by atoms with Gasteiger partial charge in [-0.05, 0) is 18.1 Å². The van der Waals surface area contributed by atoms with Gasteiger partial charge in [-0.2, -0.15) is 0 Å². The minimum Gasteiger partial charge on any atom is -0.478 e. The number of carboxylic acid groups (broad SMARTS) is 1. The Balaban J connectivity index is 1.88. The lowest BCUT2D eigenvalue weighted by molar-refractivity contribution is -0.144. The molecule has 1 fully saturated rings. The van der Waals surface area contributed by atoms with E-state index in [-0.39, 0.29) is 23.8 Å². The molecule has 0 radical (unpaired) electrons. The molecular weight excluding hydrogens is 320 g/mol. The summed E-state index contributed by atoms with van der Waals surface area (Å²) >= 11 is 0. The van der Waals surface area contributed by atoms with Gasteiger partial charge in [0.15, 0.2) is 0 Å². The van der Waals surface area contributed by atoms with Gasteiger partial charge >= 0.3 is 5.97 Å². The molecule has 0 saturated carbocycles. The second-order valence-corrected chi connectivity index (χ2v) is 7.39. The van der Waals surface area contributed by atoms with E-state index in [1.54, 1.807) is 29.2 Å². The van der Waals surface area contributed by atoms with E-state index in [1.807, 2.05) is 25.7 Å². The van der Waals surface area contributed by atoms with Crippen LogP contribution < -0.4 is 0 Å². The first-order chi connectivity index (χ1) is 11.7. The van der Waals surface area contributed by atoms with Gasteiger partial charge in [0.05, 0.1) is 5.56 Å². The average Bonchev–Trinajstić information content (AvgIpc) is 2.58. The first-order valence-electron chi connectivity index (χ1n) is 8.58. The number of aromatic carboxylic acids is 1. The van der Waals surface area contributed by atoms with Crippen molar-refractivity contribution in [1.82, 2.24) is 9.80 Å². The van der Waals surface area contributed by atoms with Crippen LogP contribution >= 0.6 is 0 Å². The van der Waals surface area contributed by atoms with Gasteiger partial charge in [0.1, 0.15) is 0 Å². The molecule has 6 nitrogen and oxygen atoms in total. The summed E-state index contributed by atoms with van der Waals surface area (Å²) in [6, 6.07) is 6.76. The number of aryl methyl sites for hydroxylation is 1. The van der Waals surface area contributed by atoms with Crippen molar-refractivity contribution < 1.29 is 19.5 Å². The number of benzene rings is 1. The number of carbonyl (C=O) groups excluding carboxylic acids is 2. The summed E-state index contributed by atoms with van der Waals surface area (Å²) in [7, 11) is 0. The molecule has 1 aliphatic rings. The number of hydrogen-bond acceptors (Lipinski definition) is 3. The lowest BCUT2D eigenvalue weighted by atomic mass is 9.94. The minimum absolute atomic E-state index is 0.00282. The SMILES string of the molecule is CC(C)(C)C(=O)N1CCN(C(=O)CCc2ccccc2C(=O)O)CC1. The monoisotopic (exact) mass is 346 g/mol. The predicted molar refractivity (Wildman–Crippen MR) is 94.3 cm³/mol. The standard InChI is InChI=1S/C19H26N2O4/c1-19(2,3)18(25)21-12-10-20(11-13-21)16(22)9-8-14-6-4-5-7-15(14)17(23)24/h4-7H,8-13H2,1-3H3,(H,23,24). The van der Waals surface area contributed by atoms with E-state index in [1.165, 1.54) is 0 Å². The maximum absolute atomic E-state index is 12.4. The van der Waals surface area contributed by atoms with Crippen LogP contribution in [0.4, 0.5) is 0 Å². The smallest absolute Gasteiger partial charge is 0.335 e. The first-order valence-corrected chi connectivity index (χ1v) is 8.58. The molecule has 136 valence electrons. The molecule has 0 atom stereocenters. The minimum atomic E-state index is -0.975. The molecule has 2 amide bonds. The third-order valence-electron chi connectivity index (χ3n) is 4.42. The molecule has 0 aliphatic carbocycles. The Labute approximate surface area is 148 Å². The van der Waals surface area contributed by atoms with Crippen LogP contribution in [-0.4, -0.2) is 58.9 Å². The number of piperazine rings is 1. The number of rotatable bonds is 4. The van der Waals surface area contributed by atoms with Gasteiger partial charge in [-0.3, -0.25) is 9.59 Å². The molecule has 1 aromatic rings. The molecule has 1 heterocycles. The summed E-state index contributed by atoms with van der Waals surface area (Å²) in [5.41, 5.74) is 0.507. The van der Waals surface area contributed by atoms with Gasteiger partial charge in [0, 0.05) is 38.0 Å². The lowest BCUT2D eigenvalue weighted by Crippen LogP contribution is -2.53. The quantitative estimate of drug-likeness (QED) is 0.905. The summed E-state index contributed by atoms with van der Waals surface area (Å²) in [5.74, 6) is -0.865. The van der Waals surface area contributed by atoms with E-state index in [0.717, 1.165) is 0 Å². The van der Waals surface area contributed by atoms with Crippen molar-refractivity contribution in [2.45, 2.75) is 33.6 Å². The molecule has 25 heavy (non-hydrogen) atoms. The highest BCUT2D eigenvalue weighted by atomic mass is 16.4. The van der Waals surface area contributed by atoms with E-state index in [4.69, 9.17) is 0 Å². The fraction of sp³-hybridized carbons (Fsp3) is 0.526. The summed E-state index contributed by atoms with van der Waals surface area (Å²) in [4.78, 5) is 39.5. The zero-order valence-corrected chi connectivity index (χ0v) is 15.1. The van der Waals surface area contributed by atoms with Crippen LogP contribution in [-0.2, 0) is 16.0 Å². The Hall–Kier alpha value is -2.37. The summed E-state index contributed by atoms with van der Waals surface area (Å²) in [6.45, 7) is 7.84. The Kier molecular flexibility index (Phi) is 5.82. The fourth-order valence-electron chi connectivity index (χ4n) is 2.98. The van der Waals surface area contributed by atoms with Crippen LogP contribution in [0.3, 0.4) is 0 Å². The topological polar surface area (TPSA) is 77.9 Å². The van der Waals surface area contributed by atoms with E-state index < -0.39 is 11.4 Å². The number of hydrogen-bond donors (Lipinski definition) is 1. The van der Waals surface area contributed by atoms with Crippen LogP contribution in [0.1, 0.15) is 43.1 Å². The third-order valence-corrected chi connectivity index (χ3v) is 4.42. The summed E-state index contributed by atoms with van der Waals surface area (Å²) < 4.78 is 0. The zero-order valence-electron chi connectivity index (χ0n) is 15.1. The zero-order chi connectivity index (χ0) is 18.6. The van der Waals surface area contributed by atoms with E-state index in [0.29, 0.717) is 38.2 Å². The Morgan fingerprint density at radius 3 is 2.12 bits per heavy atom. The van der Waals surface area contributed by atoms with Gasteiger partial charge in [0.25, 0.3) is 0 Å². The van der Waals surface area contributed by atoms with E-state index >= 15 is 0 Å². The number of carboxylic acids is 1. The second-order valence-electron chi connectivity index (χ2n) is 7.39. The van der Waals surface area contributed by atoms with Crippen molar-refractivity contribution >= 4 is 17.8 Å². The van der Waals surface area contributed by atoms with Gasteiger partial charge < -0.3 is 14.9 Å². The molecule has 1 aliphatic heterocycles. The third kappa shape index (κ3) is 4.81. The highest BCUT2D eigenvalue weighted by Gasteiger charge is 2.30. The first kappa shape index (κ1) is 19.0. The Morgan fingerprint density at radius 2 is 1.56 bits per heavy atom. The van der Waals surface area contributed by atoms with Crippen molar-refractivity contribution in [3.63, 3.8) is 0 Å². The normalized spacial score (nSPS) is 15.2. The number of nitrogens with zero attached hydrogens (tertiary/aromatic N) is 2. The van der Waals surface area contributed by atoms with Gasteiger partial charge in [-0.15, -0.1) is 0 Å². The number of carbonyl (C=O) groups is 3. The van der Waals surface area contributed by atoms with Gasteiger partial charge in [-0.1, -0.05) is 39.0 Å². The summed E-state index contributed by atoms with van der Waals surface area (Å²) in [6.07, 6.45) is 0.681. The van der Waals surface area contributed by atoms with Gasteiger partial charge in [-0.25, -0.2) is 4.79 Å². The lowest BCUT2D eigenvalue weighted by Gasteiger charge is -2.37. The molecule has 0 spiro atoms. The van der Waals surface area contributed by atoms with Crippen molar-refractivity contribution in [1.29, 1.82) is 0 Å². The molecule has 1 aromatic carbocycles. The summed E-state index contributed by atoms with van der Waals surface area (Å²) in [5, 5.41) is 9.19. The predicted octanol–water partition coefficient (Wildman–Crippen LogP) is 2.03. The van der Waals surface area contributed by atoms with Crippen LogP contribution in [0.2, 0.25) is 0 Å². The van der Waals surface area contributed by atoms with Crippen molar-refractivity contribution in [2.75, 3.05) is 26.2 Å². The van der Waals surface area contributed by atoms with Crippen molar-refractivity contribution in [3.8, 4) is 0 Å².